The van der Waals surface area contributed by atoms with Crippen molar-refractivity contribution in [3.05, 3.63) is 64.0 Å². The summed E-state index contributed by atoms with van der Waals surface area (Å²) in [5, 5.41) is 3.34. The number of fused-ring (bicyclic) bond motifs is 2. The number of amides is 1. The van der Waals surface area contributed by atoms with Gasteiger partial charge in [0.15, 0.2) is 11.5 Å². The van der Waals surface area contributed by atoms with Gasteiger partial charge in [-0.15, -0.1) is 0 Å². The third-order valence-electron chi connectivity index (χ3n) is 4.09. The smallest absolute Gasteiger partial charge is 0.337 e. The van der Waals surface area contributed by atoms with E-state index in [0.29, 0.717) is 28.2 Å². The minimum Gasteiger partial charge on any atom is -0.497 e. The minimum absolute atomic E-state index is 0.195. The Bertz CT molecular complexity index is 1060. The number of nitrogens with one attached hydrogen (secondary N) is 1. The number of rotatable bonds is 4. The van der Waals surface area contributed by atoms with E-state index in [2.05, 4.69) is 5.32 Å². The summed E-state index contributed by atoms with van der Waals surface area (Å²) < 4.78 is 20.9. The van der Waals surface area contributed by atoms with Gasteiger partial charge in [-0.3, -0.25) is 4.79 Å². The quantitative estimate of drug-likeness (QED) is 0.725. The van der Waals surface area contributed by atoms with E-state index in [-0.39, 0.29) is 24.8 Å². The molecule has 0 atom stereocenters. The van der Waals surface area contributed by atoms with E-state index in [9.17, 15) is 9.59 Å². The van der Waals surface area contributed by atoms with Crippen LogP contribution in [0.15, 0.2) is 51.7 Å². The zero-order valence-electron chi connectivity index (χ0n) is 13.9. The lowest BCUT2D eigenvalue weighted by molar-refractivity contribution is 0.0952. The number of ether oxygens (including phenoxy) is 3. The van der Waals surface area contributed by atoms with Gasteiger partial charge in [0.25, 0.3) is 5.91 Å². The summed E-state index contributed by atoms with van der Waals surface area (Å²) in [7, 11) is 1.52. The van der Waals surface area contributed by atoms with Crippen molar-refractivity contribution < 1.29 is 23.4 Å². The zero-order valence-corrected chi connectivity index (χ0v) is 13.9. The molecule has 1 amide bonds. The molecule has 1 aromatic heterocycles. The van der Waals surface area contributed by atoms with Gasteiger partial charge in [0.05, 0.1) is 12.7 Å². The maximum absolute atomic E-state index is 12.6. The molecule has 0 saturated carbocycles. The average Bonchev–Trinajstić information content (AvgIpc) is 3.12. The van der Waals surface area contributed by atoms with Gasteiger partial charge in [0, 0.05) is 24.1 Å². The van der Waals surface area contributed by atoms with Crippen LogP contribution in [0.4, 0.5) is 0 Å². The standard InChI is InChI=1S/C19H15NO6/c1-23-12-3-4-13-14(8-18(21)26-16(13)7-12)19(22)20-9-11-2-5-15-17(6-11)25-10-24-15/h2-8H,9-10H2,1H3,(H,20,22). The summed E-state index contributed by atoms with van der Waals surface area (Å²) in [6, 6.07) is 11.6. The number of methoxy groups -OCH3 is 1. The van der Waals surface area contributed by atoms with E-state index < -0.39 is 5.63 Å². The van der Waals surface area contributed by atoms with E-state index in [1.54, 1.807) is 24.3 Å². The van der Waals surface area contributed by atoms with Crippen LogP contribution >= 0.6 is 0 Å². The predicted octanol–water partition coefficient (Wildman–Crippen LogP) is 2.46. The van der Waals surface area contributed by atoms with Crippen LogP contribution in [0.5, 0.6) is 17.2 Å². The van der Waals surface area contributed by atoms with Crippen molar-refractivity contribution in [1.29, 1.82) is 0 Å². The molecule has 0 aliphatic carbocycles. The average molecular weight is 353 g/mol. The van der Waals surface area contributed by atoms with Crippen molar-refractivity contribution in [2.45, 2.75) is 6.54 Å². The summed E-state index contributed by atoms with van der Waals surface area (Å²) in [5.74, 6) is 1.50. The Morgan fingerprint density at radius 3 is 2.81 bits per heavy atom. The molecule has 7 nitrogen and oxygen atoms in total. The van der Waals surface area contributed by atoms with Gasteiger partial charge in [0.2, 0.25) is 6.79 Å². The third-order valence-corrected chi connectivity index (χ3v) is 4.09. The molecule has 26 heavy (non-hydrogen) atoms. The Balaban J connectivity index is 1.59. The molecule has 0 bridgehead atoms. The molecule has 3 aromatic rings. The summed E-state index contributed by atoms with van der Waals surface area (Å²) in [6.07, 6.45) is 0. The predicted molar refractivity (Wildman–Crippen MR) is 92.8 cm³/mol. The van der Waals surface area contributed by atoms with Gasteiger partial charge in [-0.1, -0.05) is 6.07 Å². The fourth-order valence-electron chi connectivity index (χ4n) is 2.79. The van der Waals surface area contributed by atoms with Crippen molar-refractivity contribution in [1.82, 2.24) is 5.32 Å². The molecule has 1 aliphatic rings. The second-order valence-electron chi connectivity index (χ2n) is 5.71. The van der Waals surface area contributed by atoms with E-state index in [0.717, 1.165) is 5.56 Å². The molecular formula is C19H15NO6. The maximum Gasteiger partial charge on any atom is 0.337 e. The van der Waals surface area contributed by atoms with E-state index in [1.807, 2.05) is 12.1 Å². The number of carbonyl (C=O) groups excluding carboxylic acids is 1. The summed E-state index contributed by atoms with van der Waals surface area (Å²) >= 11 is 0. The number of hydrogen-bond donors (Lipinski definition) is 1. The second kappa shape index (κ2) is 6.44. The van der Waals surface area contributed by atoms with Crippen LogP contribution in [0.1, 0.15) is 15.9 Å². The Hall–Kier alpha value is -3.48. The third kappa shape index (κ3) is 2.95. The van der Waals surface area contributed by atoms with Crippen LogP contribution < -0.4 is 25.2 Å². The van der Waals surface area contributed by atoms with E-state index in [4.69, 9.17) is 18.6 Å². The van der Waals surface area contributed by atoms with Gasteiger partial charge in [-0.25, -0.2) is 4.79 Å². The second-order valence-corrected chi connectivity index (χ2v) is 5.71. The highest BCUT2D eigenvalue weighted by atomic mass is 16.7. The first-order valence-corrected chi connectivity index (χ1v) is 7.92. The first-order valence-electron chi connectivity index (χ1n) is 7.92. The molecule has 7 heteroatoms. The van der Waals surface area contributed by atoms with Crippen LogP contribution in [0.25, 0.3) is 11.0 Å². The fraction of sp³-hybridized carbons (Fsp3) is 0.158. The molecule has 0 spiro atoms. The molecule has 0 radical (unpaired) electrons. The molecule has 2 heterocycles. The number of carbonyl (C=O) groups is 1. The minimum atomic E-state index is -0.598. The van der Waals surface area contributed by atoms with Crippen LogP contribution in [0, 0.1) is 0 Å². The molecule has 1 aliphatic heterocycles. The van der Waals surface area contributed by atoms with Crippen molar-refractivity contribution in [3.8, 4) is 17.2 Å². The van der Waals surface area contributed by atoms with Crippen molar-refractivity contribution in [2.75, 3.05) is 13.9 Å². The normalized spacial score (nSPS) is 12.2. The molecule has 1 N–H and O–H groups in total. The summed E-state index contributed by atoms with van der Waals surface area (Å²) in [5.41, 5.74) is 0.806. The monoisotopic (exact) mass is 353 g/mol. The highest BCUT2D eigenvalue weighted by molar-refractivity contribution is 6.05. The van der Waals surface area contributed by atoms with Gasteiger partial charge in [-0.05, 0) is 29.8 Å². The first kappa shape index (κ1) is 16.0. The molecule has 0 fully saturated rings. The van der Waals surface area contributed by atoms with Crippen molar-refractivity contribution in [2.24, 2.45) is 0 Å². The number of benzene rings is 2. The zero-order chi connectivity index (χ0) is 18.1. The van der Waals surface area contributed by atoms with Crippen molar-refractivity contribution >= 4 is 16.9 Å². The Labute approximate surface area is 148 Å². The molecule has 4 rings (SSSR count). The molecular weight excluding hydrogens is 338 g/mol. The highest BCUT2D eigenvalue weighted by Gasteiger charge is 2.16. The van der Waals surface area contributed by atoms with Crippen LogP contribution in [-0.4, -0.2) is 19.8 Å². The lowest BCUT2D eigenvalue weighted by Crippen LogP contribution is -2.24. The van der Waals surface area contributed by atoms with Crippen LogP contribution in [-0.2, 0) is 6.54 Å². The van der Waals surface area contributed by atoms with Gasteiger partial charge >= 0.3 is 5.63 Å². The van der Waals surface area contributed by atoms with Crippen LogP contribution in [0.3, 0.4) is 0 Å². The SMILES string of the molecule is COc1ccc2c(C(=O)NCc3ccc4c(c3)OCO4)cc(=O)oc2c1. The highest BCUT2D eigenvalue weighted by Crippen LogP contribution is 2.32. The Morgan fingerprint density at radius 2 is 1.96 bits per heavy atom. The molecule has 0 unspecified atom stereocenters. The lowest BCUT2D eigenvalue weighted by Gasteiger charge is -2.09. The summed E-state index contributed by atoms with van der Waals surface area (Å²) in [4.78, 5) is 24.4. The topological polar surface area (TPSA) is 87.0 Å². The summed E-state index contributed by atoms with van der Waals surface area (Å²) in [6.45, 7) is 0.480. The van der Waals surface area contributed by atoms with E-state index in [1.165, 1.54) is 13.2 Å². The Morgan fingerprint density at radius 1 is 1.12 bits per heavy atom. The largest absolute Gasteiger partial charge is 0.497 e. The fourth-order valence-corrected chi connectivity index (χ4v) is 2.79. The number of hydrogen-bond acceptors (Lipinski definition) is 6. The van der Waals surface area contributed by atoms with Crippen LogP contribution in [0.2, 0.25) is 0 Å². The van der Waals surface area contributed by atoms with Crippen molar-refractivity contribution in [3.63, 3.8) is 0 Å². The maximum atomic E-state index is 12.6. The Kier molecular flexibility index (Phi) is 3.96. The van der Waals surface area contributed by atoms with Gasteiger partial charge in [-0.2, -0.15) is 0 Å². The first-order chi connectivity index (χ1) is 12.6. The van der Waals surface area contributed by atoms with E-state index >= 15 is 0 Å². The van der Waals surface area contributed by atoms with Gasteiger partial charge in [0.1, 0.15) is 11.3 Å². The molecule has 132 valence electrons. The van der Waals surface area contributed by atoms with Gasteiger partial charge < -0.3 is 23.9 Å². The molecule has 2 aromatic carbocycles. The lowest BCUT2D eigenvalue weighted by atomic mass is 10.1. The molecule has 0 saturated heterocycles.